The van der Waals surface area contributed by atoms with Gasteiger partial charge in [0.05, 0.1) is 17.9 Å². The summed E-state index contributed by atoms with van der Waals surface area (Å²) < 4.78 is 11.4. The molecule has 0 spiro atoms. The van der Waals surface area contributed by atoms with E-state index in [9.17, 15) is 4.79 Å². The van der Waals surface area contributed by atoms with Gasteiger partial charge in [0.1, 0.15) is 5.75 Å². The predicted molar refractivity (Wildman–Crippen MR) is 107 cm³/mol. The highest BCUT2D eigenvalue weighted by molar-refractivity contribution is 5.97. The third-order valence-electron chi connectivity index (χ3n) is 4.99. The number of carbonyl (C=O) groups is 1. The average Bonchev–Trinajstić information content (AvgIpc) is 2.65. The second-order valence-electron chi connectivity index (χ2n) is 7.26. The van der Waals surface area contributed by atoms with Crippen LogP contribution in [0.15, 0.2) is 42.5 Å². The molecule has 2 aliphatic rings. The molecule has 0 aliphatic carbocycles. The molecule has 27 heavy (non-hydrogen) atoms. The van der Waals surface area contributed by atoms with Crippen molar-refractivity contribution in [3.05, 3.63) is 42.5 Å². The molecule has 4 rings (SSSR count). The van der Waals surface area contributed by atoms with E-state index in [-0.39, 0.29) is 24.7 Å². The molecule has 0 aromatic heterocycles. The molecule has 2 aromatic rings. The Morgan fingerprint density at radius 2 is 1.67 bits per heavy atom. The number of ether oxygens (including phenoxy) is 2. The Morgan fingerprint density at radius 3 is 2.37 bits per heavy atom. The molecule has 0 saturated carbocycles. The standard InChI is InChI=1S/C21H25N3O3/c1-14-11-24(12-15(2)27-14)18-7-4-16(5-8-18)22-17-6-9-19-20(10-17)26-13-21(25)23(19)3/h4-10,14-15,22H,11-13H2,1-3H3. The highest BCUT2D eigenvalue weighted by Crippen LogP contribution is 2.34. The average molecular weight is 367 g/mol. The van der Waals surface area contributed by atoms with Crippen LogP contribution in [0, 0.1) is 0 Å². The molecule has 0 bridgehead atoms. The molecular weight excluding hydrogens is 342 g/mol. The zero-order chi connectivity index (χ0) is 19.0. The number of rotatable bonds is 3. The molecular formula is C21H25N3O3. The quantitative estimate of drug-likeness (QED) is 0.901. The first-order chi connectivity index (χ1) is 13.0. The van der Waals surface area contributed by atoms with Crippen LogP contribution in [0.25, 0.3) is 0 Å². The lowest BCUT2D eigenvalue weighted by atomic mass is 10.2. The van der Waals surface area contributed by atoms with Crippen LogP contribution >= 0.6 is 0 Å². The minimum atomic E-state index is -0.0365. The summed E-state index contributed by atoms with van der Waals surface area (Å²) in [6.45, 7) is 6.12. The van der Waals surface area contributed by atoms with Crippen LogP contribution in [0.3, 0.4) is 0 Å². The number of anilines is 4. The maximum Gasteiger partial charge on any atom is 0.264 e. The van der Waals surface area contributed by atoms with E-state index in [0.29, 0.717) is 0 Å². The lowest BCUT2D eigenvalue weighted by Crippen LogP contribution is -2.45. The summed E-state index contributed by atoms with van der Waals surface area (Å²) >= 11 is 0. The first-order valence-corrected chi connectivity index (χ1v) is 9.30. The number of hydrogen-bond donors (Lipinski definition) is 1. The van der Waals surface area contributed by atoms with E-state index in [1.807, 2.05) is 18.2 Å². The summed E-state index contributed by atoms with van der Waals surface area (Å²) in [5, 5.41) is 3.40. The Balaban J connectivity index is 1.47. The number of nitrogens with one attached hydrogen (secondary N) is 1. The maximum atomic E-state index is 11.7. The monoisotopic (exact) mass is 367 g/mol. The second-order valence-corrected chi connectivity index (χ2v) is 7.26. The fourth-order valence-corrected chi connectivity index (χ4v) is 3.67. The van der Waals surface area contributed by atoms with Gasteiger partial charge in [-0.1, -0.05) is 0 Å². The highest BCUT2D eigenvalue weighted by atomic mass is 16.5. The van der Waals surface area contributed by atoms with E-state index < -0.39 is 0 Å². The topological polar surface area (TPSA) is 54.0 Å². The summed E-state index contributed by atoms with van der Waals surface area (Å²) in [5.41, 5.74) is 3.94. The van der Waals surface area contributed by atoms with Crippen molar-refractivity contribution < 1.29 is 14.3 Å². The van der Waals surface area contributed by atoms with Crippen molar-refractivity contribution in [2.24, 2.45) is 0 Å². The number of fused-ring (bicyclic) bond motifs is 1. The molecule has 0 radical (unpaired) electrons. The smallest absolute Gasteiger partial charge is 0.264 e. The SMILES string of the molecule is CC1CN(c2ccc(Nc3ccc4c(c3)OCC(=O)N4C)cc2)CC(C)O1. The van der Waals surface area contributed by atoms with Crippen LogP contribution in [0.4, 0.5) is 22.7 Å². The van der Waals surface area contributed by atoms with Crippen LogP contribution in [0.5, 0.6) is 5.75 Å². The van der Waals surface area contributed by atoms with E-state index >= 15 is 0 Å². The third-order valence-corrected chi connectivity index (χ3v) is 4.99. The molecule has 1 saturated heterocycles. The Bertz CT molecular complexity index is 827. The molecule has 2 unspecified atom stereocenters. The largest absolute Gasteiger partial charge is 0.481 e. The van der Waals surface area contributed by atoms with Crippen LogP contribution in [0.2, 0.25) is 0 Å². The van der Waals surface area contributed by atoms with Crippen molar-refractivity contribution in [2.75, 3.05) is 41.9 Å². The van der Waals surface area contributed by atoms with Crippen molar-refractivity contribution in [3.63, 3.8) is 0 Å². The Kier molecular flexibility index (Phi) is 4.66. The normalized spacial score (nSPS) is 22.3. The number of likely N-dealkylation sites (N-methyl/N-ethyl adjacent to an activating group) is 1. The lowest BCUT2D eigenvalue weighted by molar-refractivity contribution is -0.120. The van der Waals surface area contributed by atoms with Gasteiger partial charge < -0.3 is 24.6 Å². The Hall–Kier alpha value is -2.73. The van der Waals surface area contributed by atoms with E-state index in [1.165, 1.54) is 5.69 Å². The Labute approximate surface area is 159 Å². The molecule has 2 aromatic carbocycles. The molecule has 1 fully saturated rings. The van der Waals surface area contributed by atoms with E-state index in [2.05, 4.69) is 48.3 Å². The fraction of sp³-hybridized carbons (Fsp3) is 0.381. The zero-order valence-electron chi connectivity index (χ0n) is 15.9. The molecule has 2 heterocycles. The Morgan fingerprint density at radius 1 is 1.00 bits per heavy atom. The first kappa shape index (κ1) is 17.7. The van der Waals surface area contributed by atoms with Crippen molar-refractivity contribution in [3.8, 4) is 5.75 Å². The molecule has 6 nitrogen and oxygen atoms in total. The minimum absolute atomic E-state index is 0.0365. The second kappa shape index (κ2) is 7.12. The number of hydrogen-bond acceptors (Lipinski definition) is 5. The van der Waals surface area contributed by atoms with Gasteiger partial charge in [0.25, 0.3) is 5.91 Å². The highest BCUT2D eigenvalue weighted by Gasteiger charge is 2.23. The van der Waals surface area contributed by atoms with Crippen molar-refractivity contribution in [2.45, 2.75) is 26.1 Å². The van der Waals surface area contributed by atoms with Crippen molar-refractivity contribution in [1.29, 1.82) is 0 Å². The van der Waals surface area contributed by atoms with Gasteiger partial charge in [0, 0.05) is 43.3 Å². The number of amides is 1. The fourth-order valence-electron chi connectivity index (χ4n) is 3.67. The van der Waals surface area contributed by atoms with Crippen LogP contribution in [-0.2, 0) is 9.53 Å². The summed E-state index contributed by atoms with van der Waals surface area (Å²) in [7, 11) is 1.77. The predicted octanol–water partition coefficient (Wildman–Crippen LogP) is 3.40. The van der Waals surface area contributed by atoms with E-state index in [4.69, 9.17) is 9.47 Å². The van der Waals surface area contributed by atoms with Gasteiger partial charge in [-0.2, -0.15) is 0 Å². The van der Waals surface area contributed by atoms with Crippen LogP contribution in [0.1, 0.15) is 13.8 Å². The number of morpholine rings is 1. The first-order valence-electron chi connectivity index (χ1n) is 9.30. The number of nitrogens with zero attached hydrogens (tertiary/aromatic N) is 2. The van der Waals surface area contributed by atoms with Crippen LogP contribution in [-0.4, -0.2) is 44.9 Å². The van der Waals surface area contributed by atoms with Crippen molar-refractivity contribution in [1.82, 2.24) is 0 Å². The van der Waals surface area contributed by atoms with Crippen LogP contribution < -0.4 is 19.9 Å². The molecule has 2 aliphatic heterocycles. The summed E-state index contributed by atoms with van der Waals surface area (Å²) in [6, 6.07) is 14.2. The van der Waals surface area contributed by atoms with E-state index in [0.717, 1.165) is 35.9 Å². The maximum absolute atomic E-state index is 11.7. The molecule has 1 amide bonds. The lowest BCUT2D eigenvalue weighted by Gasteiger charge is -2.36. The molecule has 2 atom stereocenters. The third kappa shape index (κ3) is 3.71. The van der Waals surface area contributed by atoms with Gasteiger partial charge in [0.15, 0.2) is 6.61 Å². The van der Waals surface area contributed by atoms with Gasteiger partial charge in [-0.25, -0.2) is 0 Å². The molecule has 1 N–H and O–H groups in total. The van der Waals surface area contributed by atoms with Gasteiger partial charge in [-0.05, 0) is 50.2 Å². The number of benzene rings is 2. The minimum Gasteiger partial charge on any atom is -0.481 e. The van der Waals surface area contributed by atoms with Gasteiger partial charge in [0.2, 0.25) is 0 Å². The summed E-state index contributed by atoms with van der Waals surface area (Å²) in [4.78, 5) is 15.7. The summed E-state index contributed by atoms with van der Waals surface area (Å²) in [6.07, 6.45) is 0.485. The van der Waals surface area contributed by atoms with E-state index in [1.54, 1.807) is 11.9 Å². The molecule has 6 heteroatoms. The van der Waals surface area contributed by atoms with Gasteiger partial charge >= 0.3 is 0 Å². The zero-order valence-corrected chi connectivity index (χ0v) is 15.9. The summed E-state index contributed by atoms with van der Waals surface area (Å²) in [5.74, 6) is 0.681. The van der Waals surface area contributed by atoms with Crippen molar-refractivity contribution >= 4 is 28.7 Å². The van der Waals surface area contributed by atoms with Gasteiger partial charge in [-0.15, -0.1) is 0 Å². The number of carbonyl (C=O) groups excluding carboxylic acids is 1. The van der Waals surface area contributed by atoms with Gasteiger partial charge in [-0.3, -0.25) is 4.79 Å². The molecule has 142 valence electrons.